The standard InChI is InChI=1S/C13H20ClFN2O2S/c1-10(2)16-7-3-4-8-20(18,19)17-13-9-11(14)5-6-12(13)15/h5-6,9-10,16-17H,3-4,7-8H2,1-2H3. The molecule has 0 saturated carbocycles. The molecule has 2 N–H and O–H groups in total. The minimum atomic E-state index is -3.55. The molecule has 0 atom stereocenters. The molecule has 0 aliphatic heterocycles. The van der Waals surface area contributed by atoms with Crippen molar-refractivity contribution >= 4 is 27.3 Å². The number of benzene rings is 1. The van der Waals surface area contributed by atoms with Crippen LogP contribution in [0.25, 0.3) is 0 Å². The third-order valence-electron chi connectivity index (χ3n) is 2.59. The van der Waals surface area contributed by atoms with Crippen LogP contribution >= 0.6 is 11.6 Å². The van der Waals surface area contributed by atoms with Gasteiger partial charge in [-0.05, 0) is 37.6 Å². The highest BCUT2D eigenvalue weighted by Gasteiger charge is 2.13. The van der Waals surface area contributed by atoms with E-state index in [1.54, 1.807) is 0 Å². The molecule has 7 heteroatoms. The summed E-state index contributed by atoms with van der Waals surface area (Å²) in [5.41, 5.74) is -0.113. The lowest BCUT2D eigenvalue weighted by Gasteiger charge is -2.10. The van der Waals surface area contributed by atoms with Crippen molar-refractivity contribution in [2.45, 2.75) is 32.7 Å². The second-order valence-electron chi connectivity index (χ2n) is 4.86. The van der Waals surface area contributed by atoms with Crippen LogP contribution in [0.2, 0.25) is 5.02 Å². The van der Waals surface area contributed by atoms with Gasteiger partial charge in [0.2, 0.25) is 10.0 Å². The summed E-state index contributed by atoms with van der Waals surface area (Å²) in [5.74, 6) is -0.682. The molecule has 0 bridgehead atoms. The first-order valence-corrected chi connectivity index (χ1v) is 8.52. The molecule has 4 nitrogen and oxygen atoms in total. The van der Waals surface area contributed by atoms with E-state index >= 15 is 0 Å². The Kier molecular flexibility index (Phi) is 6.71. The molecule has 0 heterocycles. The van der Waals surface area contributed by atoms with Gasteiger partial charge in [0.05, 0.1) is 11.4 Å². The minimum absolute atomic E-state index is 0.0429. The van der Waals surface area contributed by atoms with E-state index in [1.807, 2.05) is 13.8 Å². The maximum absolute atomic E-state index is 13.4. The highest BCUT2D eigenvalue weighted by atomic mass is 35.5. The van der Waals surface area contributed by atoms with Crippen LogP contribution in [-0.2, 0) is 10.0 Å². The lowest BCUT2D eigenvalue weighted by molar-refractivity contribution is 0.560. The molecule has 0 spiro atoms. The van der Waals surface area contributed by atoms with Crippen LogP contribution in [0, 0.1) is 5.82 Å². The van der Waals surface area contributed by atoms with Crippen molar-refractivity contribution in [3.05, 3.63) is 29.0 Å². The summed E-state index contributed by atoms with van der Waals surface area (Å²) in [6.07, 6.45) is 1.26. The average Bonchev–Trinajstić information content (AvgIpc) is 2.32. The van der Waals surface area contributed by atoms with Crippen molar-refractivity contribution in [2.24, 2.45) is 0 Å². The molecule has 114 valence electrons. The summed E-state index contributed by atoms with van der Waals surface area (Å²) in [6.45, 7) is 4.82. The van der Waals surface area contributed by atoms with Gasteiger partial charge in [0.15, 0.2) is 0 Å². The molecule has 1 aromatic carbocycles. The fourth-order valence-electron chi connectivity index (χ4n) is 1.60. The Labute approximate surface area is 124 Å². The van der Waals surface area contributed by atoms with Crippen molar-refractivity contribution in [3.63, 3.8) is 0 Å². The van der Waals surface area contributed by atoms with Crippen LogP contribution in [0.15, 0.2) is 18.2 Å². The quantitative estimate of drug-likeness (QED) is 0.723. The Morgan fingerprint density at radius 2 is 2.00 bits per heavy atom. The summed E-state index contributed by atoms with van der Waals surface area (Å²) >= 11 is 5.71. The van der Waals surface area contributed by atoms with Crippen LogP contribution in [0.1, 0.15) is 26.7 Å². The van der Waals surface area contributed by atoms with Crippen LogP contribution in [0.3, 0.4) is 0 Å². The topological polar surface area (TPSA) is 58.2 Å². The van der Waals surface area contributed by atoms with Crippen LogP contribution in [0.5, 0.6) is 0 Å². The van der Waals surface area contributed by atoms with E-state index in [4.69, 9.17) is 11.6 Å². The van der Waals surface area contributed by atoms with Gasteiger partial charge < -0.3 is 5.32 Å². The smallest absolute Gasteiger partial charge is 0.232 e. The second-order valence-corrected chi connectivity index (χ2v) is 7.14. The molecule has 0 fully saturated rings. The molecular formula is C13H20ClFN2O2S. The molecule has 0 unspecified atom stereocenters. The van der Waals surface area contributed by atoms with Crippen LogP contribution in [-0.4, -0.2) is 26.8 Å². The molecule has 0 amide bonds. The zero-order valence-electron chi connectivity index (χ0n) is 11.6. The van der Waals surface area contributed by atoms with Gasteiger partial charge in [-0.3, -0.25) is 4.72 Å². The molecule has 0 radical (unpaired) electrons. The zero-order valence-corrected chi connectivity index (χ0v) is 13.2. The third kappa shape index (κ3) is 6.54. The van der Waals surface area contributed by atoms with Crippen LogP contribution in [0.4, 0.5) is 10.1 Å². The molecular weight excluding hydrogens is 303 g/mol. The number of nitrogens with one attached hydrogen (secondary N) is 2. The third-order valence-corrected chi connectivity index (χ3v) is 4.18. The highest BCUT2D eigenvalue weighted by molar-refractivity contribution is 7.92. The average molecular weight is 323 g/mol. The monoisotopic (exact) mass is 322 g/mol. The van der Waals surface area contributed by atoms with E-state index in [0.29, 0.717) is 12.5 Å². The summed E-state index contributed by atoms with van der Waals surface area (Å²) in [7, 11) is -3.55. The van der Waals surface area contributed by atoms with E-state index in [9.17, 15) is 12.8 Å². The van der Waals surface area contributed by atoms with Gasteiger partial charge in [-0.1, -0.05) is 25.4 Å². The van der Waals surface area contributed by atoms with Crippen LogP contribution < -0.4 is 10.0 Å². The second kappa shape index (κ2) is 7.81. The highest BCUT2D eigenvalue weighted by Crippen LogP contribution is 2.20. The fraction of sp³-hybridized carbons (Fsp3) is 0.538. The van der Waals surface area contributed by atoms with Crippen molar-refractivity contribution in [3.8, 4) is 0 Å². The Morgan fingerprint density at radius 3 is 2.65 bits per heavy atom. The molecule has 0 aliphatic rings. The van der Waals surface area contributed by atoms with E-state index in [2.05, 4.69) is 10.0 Å². The summed E-state index contributed by atoms with van der Waals surface area (Å²) < 4.78 is 39.3. The minimum Gasteiger partial charge on any atom is -0.315 e. The number of rotatable bonds is 8. The summed E-state index contributed by atoms with van der Waals surface area (Å²) in [6, 6.07) is 4.14. The number of halogens is 2. The number of hydrogen-bond acceptors (Lipinski definition) is 3. The Bertz CT molecular complexity index is 535. The Balaban J connectivity index is 2.47. The molecule has 0 saturated heterocycles. The van der Waals surface area contributed by atoms with Gasteiger partial charge in [-0.2, -0.15) is 0 Å². The maximum atomic E-state index is 13.4. The van der Waals surface area contributed by atoms with Gasteiger partial charge in [0.25, 0.3) is 0 Å². The molecule has 0 aliphatic carbocycles. The van der Waals surface area contributed by atoms with E-state index in [0.717, 1.165) is 19.0 Å². The normalized spacial score (nSPS) is 11.8. The first-order chi connectivity index (χ1) is 9.30. The lowest BCUT2D eigenvalue weighted by atomic mass is 10.3. The summed E-state index contributed by atoms with van der Waals surface area (Å²) in [5, 5.41) is 3.49. The van der Waals surface area contributed by atoms with E-state index < -0.39 is 15.8 Å². The largest absolute Gasteiger partial charge is 0.315 e. The maximum Gasteiger partial charge on any atom is 0.232 e. The Hall–Kier alpha value is -0.850. The van der Waals surface area contributed by atoms with Gasteiger partial charge in [-0.15, -0.1) is 0 Å². The first kappa shape index (κ1) is 17.2. The van der Waals surface area contributed by atoms with Gasteiger partial charge in [0, 0.05) is 11.1 Å². The predicted octanol–water partition coefficient (Wildman–Crippen LogP) is 3.00. The fourth-order valence-corrected chi connectivity index (χ4v) is 2.95. The molecule has 1 rings (SSSR count). The SMILES string of the molecule is CC(C)NCCCCS(=O)(=O)Nc1cc(Cl)ccc1F. The molecule has 1 aromatic rings. The van der Waals surface area contributed by atoms with Crippen molar-refractivity contribution in [1.29, 1.82) is 0 Å². The van der Waals surface area contributed by atoms with Crippen molar-refractivity contribution < 1.29 is 12.8 Å². The van der Waals surface area contributed by atoms with E-state index in [-0.39, 0.29) is 16.5 Å². The first-order valence-electron chi connectivity index (χ1n) is 6.49. The van der Waals surface area contributed by atoms with E-state index in [1.165, 1.54) is 12.1 Å². The molecule has 20 heavy (non-hydrogen) atoms. The van der Waals surface area contributed by atoms with Gasteiger partial charge in [0.1, 0.15) is 5.82 Å². The van der Waals surface area contributed by atoms with Gasteiger partial charge in [-0.25, -0.2) is 12.8 Å². The van der Waals surface area contributed by atoms with Gasteiger partial charge >= 0.3 is 0 Å². The number of unbranched alkanes of at least 4 members (excludes halogenated alkanes) is 1. The van der Waals surface area contributed by atoms with Crippen molar-refractivity contribution in [1.82, 2.24) is 5.32 Å². The van der Waals surface area contributed by atoms with Crippen molar-refractivity contribution in [2.75, 3.05) is 17.0 Å². The number of hydrogen-bond donors (Lipinski definition) is 2. The number of sulfonamides is 1. The number of anilines is 1. The predicted molar refractivity (Wildman–Crippen MR) is 81.2 cm³/mol. The molecule has 0 aromatic heterocycles. The lowest BCUT2D eigenvalue weighted by Crippen LogP contribution is -2.24. The zero-order chi connectivity index (χ0) is 15.2. The summed E-state index contributed by atoms with van der Waals surface area (Å²) in [4.78, 5) is 0. The Morgan fingerprint density at radius 1 is 1.30 bits per heavy atom.